The molecule has 2 aromatic rings. The average molecular weight is 447 g/mol. The minimum atomic E-state index is -3.54. The van der Waals surface area contributed by atoms with Crippen LogP contribution in [0.2, 0.25) is 0 Å². The highest BCUT2D eigenvalue weighted by Gasteiger charge is 2.48. The van der Waals surface area contributed by atoms with Gasteiger partial charge in [0.1, 0.15) is 11.5 Å². The summed E-state index contributed by atoms with van der Waals surface area (Å²) in [4.78, 5) is 32.0. The van der Waals surface area contributed by atoms with E-state index in [2.05, 4.69) is 15.3 Å². The molecule has 0 unspecified atom stereocenters. The van der Waals surface area contributed by atoms with Crippen LogP contribution in [0, 0.1) is 11.7 Å². The van der Waals surface area contributed by atoms with Crippen LogP contribution in [0.25, 0.3) is 0 Å². The van der Waals surface area contributed by atoms with Gasteiger partial charge < -0.3 is 5.32 Å². The van der Waals surface area contributed by atoms with Crippen molar-refractivity contribution < 1.29 is 22.4 Å². The number of carbonyl (C=O) groups excluding carboxylic acids is 2. The summed E-state index contributed by atoms with van der Waals surface area (Å²) in [5.41, 5.74) is 1.02. The summed E-state index contributed by atoms with van der Waals surface area (Å²) < 4.78 is 39.7. The molecule has 0 atom stereocenters. The Hall–Kier alpha value is -2.88. The predicted octanol–water partition coefficient (Wildman–Crippen LogP) is 2.66. The Balaban J connectivity index is 1.48. The number of anilines is 2. The third-order valence-corrected chi connectivity index (χ3v) is 7.35. The van der Waals surface area contributed by atoms with E-state index in [1.807, 2.05) is 0 Å². The van der Waals surface area contributed by atoms with Gasteiger partial charge in [0.15, 0.2) is 11.6 Å². The highest BCUT2D eigenvalue weighted by molar-refractivity contribution is 7.92. The number of rotatable bonds is 4. The molecule has 1 aliphatic carbocycles. The topological polar surface area (TPSA) is 109 Å². The predicted molar refractivity (Wildman–Crippen MR) is 113 cm³/mol. The maximum atomic E-state index is 13.8. The van der Waals surface area contributed by atoms with Gasteiger partial charge in [0.2, 0.25) is 15.9 Å². The summed E-state index contributed by atoms with van der Waals surface area (Å²) in [5.74, 6) is -0.842. The monoisotopic (exact) mass is 446 g/mol. The molecular formula is C21H23FN4O4S. The SMILES string of the molecule is CC(=O)c1cnc(NC(=O)C2CCC3(CC2)CN(S(C)(=O)=O)c2cc(F)ccc23)cn1. The van der Waals surface area contributed by atoms with E-state index in [0.29, 0.717) is 31.4 Å². The Morgan fingerprint density at radius 3 is 2.48 bits per heavy atom. The zero-order valence-corrected chi connectivity index (χ0v) is 18.1. The molecule has 1 spiro atoms. The van der Waals surface area contributed by atoms with Crippen molar-refractivity contribution in [2.75, 3.05) is 22.4 Å². The van der Waals surface area contributed by atoms with Crippen LogP contribution in [0.1, 0.15) is 48.7 Å². The number of hydrogen-bond donors (Lipinski definition) is 1. The summed E-state index contributed by atoms with van der Waals surface area (Å²) >= 11 is 0. The standard InChI is InChI=1S/C21H23FN4O4S/c1-13(27)17-10-24-19(11-23-17)25-20(28)14-5-7-21(8-6-14)12-26(31(2,29)30)18-9-15(22)3-4-16(18)21/h3-4,9-11,14H,5-8,12H2,1-2H3,(H,24,25,28). The third-order valence-electron chi connectivity index (χ3n) is 6.22. The summed E-state index contributed by atoms with van der Waals surface area (Å²) in [5, 5.41) is 2.74. The Labute approximate surface area is 179 Å². The molecular weight excluding hydrogens is 423 g/mol. The van der Waals surface area contributed by atoms with Crippen LogP contribution in [0.5, 0.6) is 0 Å². The molecule has 1 N–H and O–H groups in total. The molecule has 1 aromatic carbocycles. The van der Waals surface area contributed by atoms with E-state index in [1.54, 1.807) is 6.07 Å². The highest BCUT2D eigenvalue weighted by atomic mass is 32.2. The van der Waals surface area contributed by atoms with Crippen molar-refractivity contribution in [1.82, 2.24) is 9.97 Å². The molecule has 0 saturated heterocycles. The van der Waals surface area contributed by atoms with Gasteiger partial charge in [-0.25, -0.2) is 22.8 Å². The van der Waals surface area contributed by atoms with Crippen LogP contribution in [0.4, 0.5) is 15.9 Å². The summed E-state index contributed by atoms with van der Waals surface area (Å²) in [7, 11) is -3.54. The van der Waals surface area contributed by atoms with Gasteiger partial charge in [0.05, 0.1) is 24.3 Å². The van der Waals surface area contributed by atoms with Crippen molar-refractivity contribution in [2.45, 2.75) is 38.0 Å². The van der Waals surface area contributed by atoms with Crippen LogP contribution >= 0.6 is 0 Å². The lowest BCUT2D eigenvalue weighted by Crippen LogP contribution is -2.40. The maximum Gasteiger partial charge on any atom is 0.232 e. The summed E-state index contributed by atoms with van der Waals surface area (Å²) in [6.07, 6.45) is 6.17. The van der Waals surface area contributed by atoms with Gasteiger partial charge in [-0.2, -0.15) is 0 Å². The lowest BCUT2D eigenvalue weighted by Gasteiger charge is -2.37. The largest absolute Gasteiger partial charge is 0.309 e. The Morgan fingerprint density at radius 2 is 1.90 bits per heavy atom. The zero-order valence-electron chi connectivity index (χ0n) is 17.3. The van der Waals surface area contributed by atoms with E-state index in [0.717, 1.165) is 11.8 Å². The number of fused-ring (bicyclic) bond motifs is 2. The molecule has 1 aliphatic heterocycles. The van der Waals surface area contributed by atoms with Crippen molar-refractivity contribution in [3.8, 4) is 0 Å². The van der Waals surface area contributed by atoms with Gasteiger partial charge in [0.25, 0.3) is 0 Å². The first kappa shape index (κ1) is 21.4. The number of ketones is 1. The van der Waals surface area contributed by atoms with E-state index >= 15 is 0 Å². The number of Topliss-reactive ketones (excluding diaryl/α,β-unsaturated/α-hetero) is 1. The third kappa shape index (κ3) is 4.04. The molecule has 164 valence electrons. The van der Waals surface area contributed by atoms with E-state index in [4.69, 9.17) is 0 Å². The lowest BCUT2D eigenvalue weighted by molar-refractivity contribution is -0.121. The molecule has 1 saturated carbocycles. The Bertz CT molecular complexity index is 1140. The number of nitrogens with zero attached hydrogens (tertiary/aromatic N) is 3. The van der Waals surface area contributed by atoms with Gasteiger partial charge >= 0.3 is 0 Å². The van der Waals surface area contributed by atoms with Crippen LogP contribution in [-0.2, 0) is 20.2 Å². The molecule has 2 heterocycles. The van der Waals surface area contributed by atoms with Crippen LogP contribution in [0.3, 0.4) is 0 Å². The molecule has 31 heavy (non-hydrogen) atoms. The fourth-order valence-electron chi connectivity index (χ4n) is 4.56. The van der Waals surface area contributed by atoms with E-state index in [9.17, 15) is 22.4 Å². The van der Waals surface area contributed by atoms with Crippen molar-refractivity contribution in [1.29, 1.82) is 0 Å². The number of aromatic nitrogens is 2. The van der Waals surface area contributed by atoms with Gasteiger partial charge in [0, 0.05) is 24.8 Å². The van der Waals surface area contributed by atoms with Gasteiger partial charge in [-0.1, -0.05) is 6.07 Å². The number of hydrogen-bond acceptors (Lipinski definition) is 6. The number of nitrogens with one attached hydrogen (secondary N) is 1. The zero-order chi connectivity index (χ0) is 22.4. The molecule has 0 bridgehead atoms. The normalized spacial score (nSPS) is 22.9. The molecule has 2 aliphatic rings. The van der Waals surface area contributed by atoms with E-state index in [1.165, 1.54) is 35.8 Å². The van der Waals surface area contributed by atoms with Crippen LogP contribution in [-0.4, -0.2) is 42.9 Å². The quantitative estimate of drug-likeness (QED) is 0.723. The smallest absolute Gasteiger partial charge is 0.232 e. The molecule has 1 aromatic heterocycles. The molecule has 10 heteroatoms. The van der Waals surface area contributed by atoms with Gasteiger partial charge in [-0.3, -0.25) is 13.9 Å². The number of halogens is 1. The first-order chi connectivity index (χ1) is 14.6. The lowest BCUT2D eigenvalue weighted by atomic mass is 9.67. The summed E-state index contributed by atoms with van der Waals surface area (Å²) in [6.45, 7) is 1.65. The highest BCUT2D eigenvalue weighted by Crippen LogP contribution is 2.51. The minimum Gasteiger partial charge on any atom is -0.309 e. The fourth-order valence-corrected chi connectivity index (χ4v) is 5.55. The minimum absolute atomic E-state index is 0.183. The van der Waals surface area contributed by atoms with Crippen molar-refractivity contribution in [3.05, 3.63) is 47.7 Å². The molecule has 4 rings (SSSR count). The Morgan fingerprint density at radius 1 is 1.19 bits per heavy atom. The molecule has 0 radical (unpaired) electrons. The van der Waals surface area contributed by atoms with Crippen molar-refractivity contribution >= 4 is 33.2 Å². The van der Waals surface area contributed by atoms with Crippen molar-refractivity contribution in [3.63, 3.8) is 0 Å². The second-order valence-electron chi connectivity index (χ2n) is 8.32. The number of amides is 1. The average Bonchev–Trinajstić information content (AvgIpc) is 3.02. The summed E-state index contributed by atoms with van der Waals surface area (Å²) in [6, 6.07) is 4.30. The Kier molecular flexibility index (Phi) is 5.28. The number of carbonyl (C=O) groups is 2. The first-order valence-electron chi connectivity index (χ1n) is 10.0. The second-order valence-corrected chi connectivity index (χ2v) is 10.2. The van der Waals surface area contributed by atoms with E-state index in [-0.39, 0.29) is 35.7 Å². The van der Waals surface area contributed by atoms with Crippen LogP contribution in [0.15, 0.2) is 30.6 Å². The van der Waals surface area contributed by atoms with Gasteiger partial charge in [-0.05, 0) is 43.4 Å². The molecule has 1 fully saturated rings. The maximum absolute atomic E-state index is 13.8. The second kappa shape index (κ2) is 7.67. The van der Waals surface area contributed by atoms with Gasteiger partial charge in [-0.15, -0.1) is 0 Å². The molecule has 1 amide bonds. The first-order valence-corrected chi connectivity index (χ1v) is 11.9. The molecule has 8 nitrogen and oxygen atoms in total. The number of sulfonamides is 1. The van der Waals surface area contributed by atoms with E-state index < -0.39 is 21.3 Å². The number of benzene rings is 1. The van der Waals surface area contributed by atoms with Crippen molar-refractivity contribution in [2.24, 2.45) is 5.92 Å². The van der Waals surface area contributed by atoms with Crippen LogP contribution < -0.4 is 9.62 Å². The fraction of sp³-hybridized carbons (Fsp3) is 0.429.